The molecule has 1 amide bonds. The molecule has 0 atom stereocenters. The van der Waals surface area contributed by atoms with Crippen LogP contribution in [0.3, 0.4) is 0 Å². The molecule has 1 aromatic rings. The minimum atomic E-state index is -0.0417. The number of nitrogens with zero attached hydrogens (tertiary/aromatic N) is 2. The van der Waals surface area contributed by atoms with Gasteiger partial charge in [-0.2, -0.15) is 5.10 Å². The lowest BCUT2D eigenvalue weighted by Crippen LogP contribution is -2.33. The Balaban J connectivity index is 1.67. The van der Waals surface area contributed by atoms with E-state index in [4.69, 9.17) is 4.74 Å². The number of hydrogen-bond donors (Lipinski definition) is 2. The Morgan fingerprint density at radius 2 is 2.14 bits per heavy atom. The fourth-order valence-corrected chi connectivity index (χ4v) is 2.68. The van der Waals surface area contributed by atoms with Crippen molar-refractivity contribution in [1.82, 2.24) is 20.4 Å². The first-order valence-corrected chi connectivity index (χ1v) is 7.70. The third-order valence-corrected chi connectivity index (χ3v) is 3.98. The van der Waals surface area contributed by atoms with Crippen LogP contribution in [-0.4, -0.2) is 48.0 Å². The summed E-state index contributed by atoms with van der Waals surface area (Å²) in [6.07, 6.45) is 3.39. The SMILES string of the molecule is Cc1nn(C)c(C)c1C(=O)NCCCOC1CCNCC1. The minimum absolute atomic E-state index is 0.0417. The monoisotopic (exact) mass is 294 g/mol. The molecular formula is C15H26N4O2. The van der Waals surface area contributed by atoms with E-state index in [1.807, 2.05) is 20.9 Å². The van der Waals surface area contributed by atoms with E-state index in [9.17, 15) is 4.79 Å². The maximum Gasteiger partial charge on any atom is 0.255 e. The molecule has 2 heterocycles. The molecule has 0 saturated carbocycles. The quantitative estimate of drug-likeness (QED) is 0.766. The van der Waals surface area contributed by atoms with Gasteiger partial charge in [-0.3, -0.25) is 9.48 Å². The fourth-order valence-electron chi connectivity index (χ4n) is 2.68. The molecule has 21 heavy (non-hydrogen) atoms. The number of ether oxygens (including phenoxy) is 1. The first-order chi connectivity index (χ1) is 10.1. The lowest BCUT2D eigenvalue weighted by Gasteiger charge is -2.22. The van der Waals surface area contributed by atoms with Crippen LogP contribution in [-0.2, 0) is 11.8 Å². The van der Waals surface area contributed by atoms with Crippen molar-refractivity contribution in [2.45, 2.75) is 39.2 Å². The van der Waals surface area contributed by atoms with Crippen molar-refractivity contribution in [3.05, 3.63) is 17.0 Å². The summed E-state index contributed by atoms with van der Waals surface area (Å²) < 4.78 is 7.55. The van der Waals surface area contributed by atoms with E-state index in [1.54, 1.807) is 4.68 Å². The number of amides is 1. The Morgan fingerprint density at radius 3 is 2.76 bits per heavy atom. The summed E-state index contributed by atoms with van der Waals surface area (Å²) in [6.45, 7) is 7.20. The molecule has 1 fully saturated rings. The van der Waals surface area contributed by atoms with Crippen molar-refractivity contribution in [1.29, 1.82) is 0 Å². The smallest absolute Gasteiger partial charge is 0.255 e. The van der Waals surface area contributed by atoms with Crippen LogP contribution >= 0.6 is 0 Å². The van der Waals surface area contributed by atoms with E-state index in [0.29, 0.717) is 24.8 Å². The first-order valence-electron chi connectivity index (χ1n) is 7.70. The molecule has 0 aromatic carbocycles. The molecule has 0 unspecified atom stereocenters. The van der Waals surface area contributed by atoms with E-state index >= 15 is 0 Å². The molecule has 1 aliphatic rings. The zero-order valence-electron chi connectivity index (χ0n) is 13.2. The average molecular weight is 294 g/mol. The van der Waals surface area contributed by atoms with Crippen molar-refractivity contribution in [3.8, 4) is 0 Å². The summed E-state index contributed by atoms with van der Waals surface area (Å²) in [4.78, 5) is 12.2. The van der Waals surface area contributed by atoms with Crippen LogP contribution in [0.25, 0.3) is 0 Å². The second-order valence-corrected chi connectivity index (χ2v) is 5.60. The van der Waals surface area contributed by atoms with Crippen molar-refractivity contribution in [3.63, 3.8) is 0 Å². The van der Waals surface area contributed by atoms with Gasteiger partial charge >= 0.3 is 0 Å². The molecule has 1 aromatic heterocycles. The van der Waals surface area contributed by atoms with E-state index < -0.39 is 0 Å². The summed E-state index contributed by atoms with van der Waals surface area (Å²) in [6, 6.07) is 0. The summed E-state index contributed by atoms with van der Waals surface area (Å²) in [5.41, 5.74) is 2.37. The summed E-state index contributed by atoms with van der Waals surface area (Å²) in [5.74, 6) is -0.0417. The average Bonchev–Trinajstić information content (AvgIpc) is 2.73. The first kappa shape index (κ1) is 16.0. The predicted molar refractivity (Wildman–Crippen MR) is 81.5 cm³/mol. The number of rotatable bonds is 6. The van der Waals surface area contributed by atoms with E-state index in [2.05, 4.69) is 15.7 Å². The van der Waals surface area contributed by atoms with Gasteiger partial charge in [-0.15, -0.1) is 0 Å². The summed E-state index contributed by atoms with van der Waals surface area (Å²) >= 11 is 0. The molecule has 118 valence electrons. The van der Waals surface area contributed by atoms with E-state index in [1.165, 1.54) is 0 Å². The van der Waals surface area contributed by atoms with Crippen molar-refractivity contribution in [2.24, 2.45) is 7.05 Å². The number of carbonyl (C=O) groups excluding carboxylic acids is 1. The van der Waals surface area contributed by atoms with Gasteiger partial charge in [0.2, 0.25) is 0 Å². The second-order valence-electron chi connectivity index (χ2n) is 5.60. The molecule has 6 heteroatoms. The molecule has 0 bridgehead atoms. The van der Waals surface area contributed by atoms with Gasteiger partial charge < -0.3 is 15.4 Å². The highest BCUT2D eigenvalue weighted by Crippen LogP contribution is 2.11. The zero-order valence-corrected chi connectivity index (χ0v) is 13.2. The lowest BCUT2D eigenvalue weighted by molar-refractivity contribution is 0.0318. The van der Waals surface area contributed by atoms with Crippen LogP contribution in [0.2, 0.25) is 0 Å². The Bertz CT molecular complexity index is 478. The maximum atomic E-state index is 12.2. The number of carbonyl (C=O) groups is 1. The fraction of sp³-hybridized carbons (Fsp3) is 0.733. The number of piperidine rings is 1. The molecule has 6 nitrogen and oxygen atoms in total. The number of nitrogens with one attached hydrogen (secondary N) is 2. The molecule has 0 aliphatic carbocycles. The van der Waals surface area contributed by atoms with Gasteiger partial charge in [0.05, 0.1) is 17.4 Å². The molecular weight excluding hydrogens is 268 g/mol. The van der Waals surface area contributed by atoms with Crippen molar-refractivity contribution in [2.75, 3.05) is 26.2 Å². The van der Waals surface area contributed by atoms with Crippen LogP contribution in [0.4, 0.5) is 0 Å². The normalized spacial score (nSPS) is 16.1. The summed E-state index contributed by atoms with van der Waals surface area (Å²) in [5, 5.41) is 10.5. The van der Waals surface area contributed by atoms with Crippen LogP contribution in [0.1, 0.15) is 41.0 Å². The third kappa shape index (κ3) is 4.28. The maximum absolute atomic E-state index is 12.2. The Morgan fingerprint density at radius 1 is 1.43 bits per heavy atom. The molecule has 0 spiro atoms. The van der Waals surface area contributed by atoms with Gasteiger partial charge in [-0.1, -0.05) is 0 Å². The third-order valence-electron chi connectivity index (χ3n) is 3.98. The highest BCUT2D eigenvalue weighted by atomic mass is 16.5. The topological polar surface area (TPSA) is 68.2 Å². The van der Waals surface area contributed by atoms with Gasteiger partial charge in [0.15, 0.2) is 0 Å². The number of aromatic nitrogens is 2. The Labute approximate surface area is 126 Å². The van der Waals surface area contributed by atoms with Crippen molar-refractivity contribution >= 4 is 5.91 Å². The summed E-state index contributed by atoms with van der Waals surface area (Å²) in [7, 11) is 1.85. The number of aryl methyl sites for hydroxylation is 2. The largest absolute Gasteiger partial charge is 0.378 e. The molecule has 0 radical (unpaired) electrons. The molecule has 1 aliphatic heterocycles. The van der Waals surface area contributed by atoms with E-state index in [-0.39, 0.29) is 5.91 Å². The molecule has 2 N–H and O–H groups in total. The molecule has 2 rings (SSSR count). The minimum Gasteiger partial charge on any atom is -0.378 e. The second kappa shape index (κ2) is 7.56. The van der Waals surface area contributed by atoms with Crippen LogP contribution in [0, 0.1) is 13.8 Å². The van der Waals surface area contributed by atoms with Gasteiger partial charge in [-0.25, -0.2) is 0 Å². The lowest BCUT2D eigenvalue weighted by atomic mass is 10.1. The highest BCUT2D eigenvalue weighted by Gasteiger charge is 2.17. The van der Waals surface area contributed by atoms with Gasteiger partial charge in [-0.05, 0) is 46.2 Å². The van der Waals surface area contributed by atoms with Crippen LogP contribution < -0.4 is 10.6 Å². The Kier molecular flexibility index (Phi) is 5.76. The number of hydrogen-bond acceptors (Lipinski definition) is 4. The van der Waals surface area contributed by atoms with Gasteiger partial charge in [0.1, 0.15) is 0 Å². The standard InChI is InChI=1S/C15H26N4O2/c1-11-14(12(2)19(3)18-11)15(20)17-7-4-10-21-13-5-8-16-9-6-13/h13,16H,4-10H2,1-3H3,(H,17,20). The Hall–Kier alpha value is -1.40. The van der Waals surface area contributed by atoms with Gasteiger partial charge in [0, 0.05) is 25.9 Å². The van der Waals surface area contributed by atoms with Crippen LogP contribution in [0.15, 0.2) is 0 Å². The van der Waals surface area contributed by atoms with E-state index in [0.717, 1.165) is 43.7 Å². The predicted octanol–water partition coefficient (Wildman–Crippen LogP) is 0.925. The molecule has 1 saturated heterocycles. The van der Waals surface area contributed by atoms with Crippen molar-refractivity contribution < 1.29 is 9.53 Å². The zero-order chi connectivity index (χ0) is 15.2. The highest BCUT2D eigenvalue weighted by molar-refractivity contribution is 5.96. The van der Waals surface area contributed by atoms with Gasteiger partial charge in [0.25, 0.3) is 5.91 Å². The van der Waals surface area contributed by atoms with Crippen LogP contribution in [0.5, 0.6) is 0 Å².